The summed E-state index contributed by atoms with van der Waals surface area (Å²) in [5, 5.41) is 44.9. The van der Waals surface area contributed by atoms with Gasteiger partial charge in [0, 0.05) is 69.9 Å². The number of nitrogens with zero attached hydrogens (tertiary/aromatic N) is 11. The molecule has 0 radical (unpaired) electrons. The summed E-state index contributed by atoms with van der Waals surface area (Å²) in [7, 11) is -2.32. The minimum atomic E-state index is -3.62. The van der Waals surface area contributed by atoms with Crippen LogP contribution in [0.1, 0.15) is 72.4 Å². The molecule has 0 spiro atoms. The van der Waals surface area contributed by atoms with Gasteiger partial charge in [-0.3, -0.25) is 36.6 Å². The van der Waals surface area contributed by atoms with Gasteiger partial charge in [0.1, 0.15) is 47.2 Å². The number of hydrogen-bond donors (Lipinski definition) is 7. The average Bonchev–Trinajstić information content (AvgIpc) is 1.62. The first kappa shape index (κ1) is 68.2. The van der Waals surface area contributed by atoms with E-state index in [1.807, 2.05) is 93.6 Å². The first-order valence-corrected chi connectivity index (χ1v) is 31.1. The minimum absolute atomic E-state index is 0.0182. The normalized spacial score (nSPS) is 11.2. The van der Waals surface area contributed by atoms with E-state index in [-0.39, 0.29) is 54.4 Å². The number of imidazole rings is 3. The van der Waals surface area contributed by atoms with E-state index in [9.17, 15) is 40.8 Å². The maximum Gasteiger partial charge on any atom is 0.341 e. The molecule has 92 heavy (non-hydrogen) atoms. The number of carboxylic acids is 1. The van der Waals surface area contributed by atoms with Crippen LogP contribution in [0.15, 0.2) is 161 Å². The van der Waals surface area contributed by atoms with Crippen molar-refractivity contribution in [3.8, 4) is 22.8 Å². The molecule has 0 atom stereocenters. The Hall–Kier alpha value is -11.3. The number of carbonyl (C=O) groups excluding carboxylic acids is 4. The number of aryl methyl sites for hydroxylation is 3. The number of carboxylic acid groups (broad SMARTS) is 1. The number of amides is 3. The third-order valence-corrected chi connectivity index (χ3v) is 12.7. The lowest BCUT2D eigenvalue weighted by Gasteiger charge is -2.10. The van der Waals surface area contributed by atoms with E-state index in [0.717, 1.165) is 36.1 Å². The van der Waals surface area contributed by atoms with Gasteiger partial charge in [-0.15, -0.1) is 0 Å². The maximum atomic E-state index is 12.8. The Morgan fingerprint density at radius 3 is 1.37 bits per heavy atom. The molecule has 0 aliphatic rings. The summed E-state index contributed by atoms with van der Waals surface area (Å²) < 4.78 is 64.7. The molecule has 0 bridgehead atoms. The predicted molar refractivity (Wildman–Crippen MR) is 333 cm³/mol. The van der Waals surface area contributed by atoms with Crippen LogP contribution in [0.4, 0.5) is 17.1 Å². The summed E-state index contributed by atoms with van der Waals surface area (Å²) in [5.41, 5.74) is 15.1. The molecule has 34 heteroatoms. The van der Waals surface area contributed by atoms with Crippen LogP contribution < -0.4 is 21.7 Å². The predicted octanol–water partition coefficient (Wildman–Crippen LogP) is 6.67. The van der Waals surface area contributed by atoms with Crippen LogP contribution >= 0.6 is 10.7 Å². The highest BCUT2D eigenvalue weighted by atomic mass is 35.7. The van der Waals surface area contributed by atoms with Crippen molar-refractivity contribution in [1.29, 1.82) is 0 Å². The summed E-state index contributed by atoms with van der Waals surface area (Å²) in [5.74, 6) is -1.86. The molecule has 0 fully saturated rings. The Morgan fingerprint density at radius 1 is 0.620 bits per heavy atom. The number of esters is 1. The van der Waals surface area contributed by atoms with Crippen molar-refractivity contribution in [2.75, 3.05) is 35.1 Å². The second kappa shape index (κ2) is 30.8. The number of anilines is 3. The van der Waals surface area contributed by atoms with Gasteiger partial charge in [0.05, 0.1) is 31.1 Å². The molecular weight excluding hydrogens is 1260 g/mol. The van der Waals surface area contributed by atoms with Crippen LogP contribution in [-0.4, -0.2) is 135 Å². The van der Waals surface area contributed by atoms with Gasteiger partial charge in [-0.1, -0.05) is 70.1 Å². The fourth-order valence-electron chi connectivity index (χ4n) is 7.81. The number of fused-ring (bicyclic) bond motifs is 3. The zero-order valence-electron chi connectivity index (χ0n) is 49.3. The number of rotatable bonds is 15. The quantitative estimate of drug-likeness (QED) is 0.0107. The number of aromatic nitrogens is 10. The summed E-state index contributed by atoms with van der Waals surface area (Å²) >= 11 is 0. The molecule has 3 aromatic carbocycles. The second-order valence-electron chi connectivity index (χ2n) is 19.2. The monoisotopic (exact) mass is 1320 g/mol. The third-order valence-electron chi connectivity index (χ3n) is 12.2. The number of pyridine rings is 3. The van der Waals surface area contributed by atoms with Crippen LogP contribution in [0, 0.1) is 20.8 Å². The van der Waals surface area contributed by atoms with Crippen molar-refractivity contribution in [3.63, 3.8) is 0 Å². The Bertz CT molecular complexity index is 4730. The number of aliphatic carboxylic acids is 1. The molecule has 0 aliphatic heterocycles. The largest absolute Gasteiger partial charge is 0.479 e. The molecule has 11 aromatic rings. The summed E-state index contributed by atoms with van der Waals surface area (Å²) in [6, 6.07) is 32.4. The molecular formula is C58H56ClN15O16S2. The Kier molecular flexibility index (Phi) is 22.8. The van der Waals surface area contributed by atoms with Crippen molar-refractivity contribution < 1.29 is 74.2 Å². The zero-order chi connectivity index (χ0) is 66.9. The minimum Gasteiger partial charge on any atom is -0.479 e. The van der Waals surface area contributed by atoms with E-state index >= 15 is 0 Å². The van der Waals surface area contributed by atoms with Gasteiger partial charge >= 0.3 is 11.9 Å². The summed E-state index contributed by atoms with van der Waals surface area (Å²) in [4.78, 5) is 78.3. The van der Waals surface area contributed by atoms with Crippen LogP contribution in [-0.2, 0) is 50.9 Å². The fraction of sp³-hybridized carbons (Fsp3) is 0.155. The van der Waals surface area contributed by atoms with Gasteiger partial charge in [-0.2, -0.15) is 18.4 Å². The number of carbonyl (C=O) groups is 5. The van der Waals surface area contributed by atoms with E-state index < -0.39 is 37.7 Å². The van der Waals surface area contributed by atoms with Crippen LogP contribution in [0.3, 0.4) is 0 Å². The number of nitrogens with two attached hydrogens (primary N) is 1. The molecule has 3 amide bonds. The number of benzene rings is 3. The topological polar surface area (TPSA) is 437 Å². The molecule has 8 heterocycles. The molecule has 0 saturated carbocycles. The number of amidine groups is 1. The Labute approximate surface area is 526 Å². The Balaban J connectivity index is 0.000000179. The smallest absolute Gasteiger partial charge is 0.341 e. The fourth-order valence-corrected chi connectivity index (χ4v) is 8.13. The van der Waals surface area contributed by atoms with Gasteiger partial charge < -0.3 is 50.9 Å². The summed E-state index contributed by atoms with van der Waals surface area (Å²) in [6.07, 6.45) is 11.8. The van der Waals surface area contributed by atoms with Crippen LogP contribution in [0.5, 0.6) is 0 Å². The highest BCUT2D eigenvalue weighted by molar-refractivity contribution is 8.13. The van der Waals surface area contributed by atoms with Crippen molar-refractivity contribution >= 4 is 99.4 Å². The molecule has 478 valence electrons. The van der Waals surface area contributed by atoms with E-state index in [2.05, 4.69) is 75.9 Å². The lowest BCUT2D eigenvalue weighted by Crippen LogP contribution is -2.17. The van der Waals surface area contributed by atoms with Crippen LogP contribution in [0.2, 0.25) is 0 Å². The molecule has 8 aromatic heterocycles. The average molecular weight is 1320 g/mol. The lowest BCUT2D eigenvalue weighted by atomic mass is 10.1. The molecule has 8 N–H and O–H groups in total. The number of halogens is 1. The van der Waals surface area contributed by atoms with E-state index in [4.69, 9.17) is 30.2 Å². The van der Waals surface area contributed by atoms with Gasteiger partial charge in [0.2, 0.25) is 20.7 Å². The SMILES string of the molecule is CC(=O)OCC(=O)O.CS(=O)(=O)Cl.Cc1ccc(-c2noc(CO)n2)cc1NC(=O)c1cnc2ccccn12.Cc1ccc(-c2noc(COS(C)(=O)=O)n2)cc1NC(=O)c1cnc2ccccn12.Cc1ccc(/C(N)=N/O)cc1NC(=O)c1cnc2ccccn12. The number of oxime groups is 1. The van der Waals surface area contributed by atoms with Gasteiger partial charge in [-0.25, -0.2) is 28.2 Å². The molecule has 11 rings (SSSR count). The number of ether oxygens (including phenoxy) is 1. The molecule has 31 nitrogen and oxygen atoms in total. The molecule has 0 aliphatic carbocycles. The number of nitrogens with one attached hydrogen (secondary N) is 3. The van der Waals surface area contributed by atoms with E-state index in [1.165, 1.54) is 18.6 Å². The zero-order valence-corrected chi connectivity index (χ0v) is 51.7. The third kappa shape index (κ3) is 19.4. The van der Waals surface area contributed by atoms with Crippen molar-refractivity contribution in [1.82, 2.24) is 48.4 Å². The first-order chi connectivity index (χ1) is 43.7. The maximum absolute atomic E-state index is 12.8. The van der Waals surface area contributed by atoms with Crippen LogP contribution in [0.25, 0.3) is 39.7 Å². The van der Waals surface area contributed by atoms with Crippen molar-refractivity contribution in [2.24, 2.45) is 10.9 Å². The first-order valence-electron chi connectivity index (χ1n) is 26.5. The van der Waals surface area contributed by atoms with Gasteiger partial charge in [0.25, 0.3) is 39.6 Å². The number of hydrogen-bond acceptors (Lipinski definition) is 23. The molecule has 0 unspecified atom stereocenters. The van der Waals surface area contributed by atoms with Gasteiger partial charge in [-0.05, 0) is 92.1 Å². The van der Waals surface area contributed by atoms with Crippen molar-refractivity contribution in [3.05, 3.63) is 197 Å². The standard InChI is InChI=1S/C19H17N5O5S.C18H15N5O3.C16H15N5O2.C4H6O4.CH3ClO2S/c1-12-6-7-13(18-22-17(29-23-18)11-28-30(2,26)27)9-14(12)21-19(25)15-10-20-16-5-3-4-8-24(15)16;1-11-5-6-12(17-21-16(10-24)26-22-17)8-13(11)20-18(25)14-9-19-15-4-2-3-7-23(14)15;1-10-5-6-11(15(17)20-23)8-12(10)19-16(22)13-9-18-14-4-2-3-7-21(13)14;1-3(5)8-2-4(6)7;1-5(2,3)4/h3-10H,11H2,1-2H3,(H,21,25);2-9,24H,10H2,1H3,(H,20,25);2-9,23H,1H3,(H2,17,20)(H,19,22);2H2,1H3,(H,6,7);1H3. The van der Waals surface area contributed by atoms with E-state index in [1.54, 1.807) is 68.2 Å². The van der Waals surface area contributed by atoms with Crippen molar-refractivity contribution in [2.45, 2.75) is 40.9 Å². The highest BCUT2D eigenvalue weighted by Gasteiger charge is 2.19. The summed E-state index contributed by atoms with van der Waals surface area (Å²) in [6.45, 7) is 5.55. The molecule has 0 saturated heterocycles. The highest BCUT2D eigenvalue weighted by Crippen LogP contribution is 2.27. The van der Waals surface area contributed by atoms with E-state index in [0.29, 0.717) is 73.6 Å². The number of aliphatic hydroxyl groups is 1. The Morgan fingerprint density at radius 2 is 1.01 bits per heavy atom. The second-order valence-corrected chi connectivity index (χ2v) is 23.8. The van der Waals surface area contributed by atoms with Gasteiger partial charge in [0.15, 0.2) is 12.4 Å². The lowest BCUT2D eigenvalue weighted by molar-refractivity contribution is -0.153. The number of aliphatic hydroxyl groups excluding tert-OH is 1.